The molecule has 2 aromatic carbocycles. The Bertz CT molecular complexity index is 849. The summed E-state index contributed by atoms with van der Waals surface area (Å²) in [6.07, 6.45) is 6.15. The van der Waals surface area contributed by atoms with Crippen LogP contribution in [0.3, 0.4) is 0 Å². The van der Waals surface area contributed by atoms with Crippen molar-refractivity contribution in [1.29, 1.82) is 0 Å². The standard InChI is InChI=1S/C23H24O2/c1-3-14-23(21-13-12-17-8-4-6-10-19(17)21)15-18-9-5-7-11-20(18)22(23)25-16(2)24/h4-11,13,22H,3,12,14-15H2,1-2H3. The number of esters is 1. The van der Waals surface area contributed by atoms with Gasteiger partial charge in [0.25, 0.3) is 0 Å². The molecule has 0 saturated carbocycles. The molecule has 4 rings (SSSR count). The number of hydrogen-bond donors (Lipinski definition) is 0. The van der Waals surface area contributed by atoms with Crippen molar-refractivity contribution in [3.63, 3.8) is 0 Å². The molecule has 0 aliphatic heterocycles. The summed E-state index contributed by atoms with van der Waals surface area (Å²) in [6, 6.07) is 17.1. The maximum atomic E-state index is 11.9. The van der Waals surface area contributed by atoms with Crippen LogP contribution < -0.4 is 0 Å². The van der Waals surface area contributed by atoms with Crippen LogP contribution in [0.5, 0.6) is 0 Å². The van der Waals surface area contributed by atoms with Gasteiger partial charge in [0, 0.05) is 12.3 Å². The van der Waals surface area contributed by atoms with Gasteiger partial charge in [-0.25, -0.2) is 0 Å². The summed E-state index contributed by atoms with van der Waals surface area (Å²) in [5.74, 6) is -0.200. The fourth-order valence-electron chi connectivity index (χ4n) is 4.81. The van der Waals surface area contributed by atoms with Gasteiger partial charge in [-0.1, -0.05) is 68.0 Å². The molecule has 0 heterocycles. The van der Waals surface area contributed by atoms with Gasteiger partial charge in [-0.2, -0.15) is 0 Å². The molecule has 0 radical (unpaired) electrons. The van der Waals surface area contributed by atoms with Crippen molar-refractivity contribution in [2.45, 2.75) is 45.6 Å². The number of ether oxygens (including phenoxy) is 1. The van der Waals surface area contributed by atoms with Crippen molar-refractivity contribution < 1.29 is 9.53 Å². The highest BCUT2D eigenvalue weighted by atomic mass is 16.5. The van der Waals surface area contributed by atoms with E-state index in [1.54, 1.807) is 0 Å². The molecule has 2 aliphatic carbocycles. The van der Waals surface area contributed by atoms with Crippen LogP contribution in [-0.2, 0) is 22.4 Å². The van der Waals surface area contributed by atoms with Gasteiger partial charge in [0.15, 0.2) is 0 Å². The third-order valence-electron chi connectivity index (χ3n) is 5.70. The van der Waals surface area contributed by atoms with Crippen molar-refractivity contribution in [3.05, 3.63) is 76.9 Å². The highest BCUT2D eigenvalue weighted by molar-refractivity contribution is 5.79. The lowest BCUT2D eigenvalue weighted by atomic mass is 9.70. The molecule has 0 bridgehead atoms. The molecule has 0 N–H and O–H groups in total. The molecule has 2 nitrogen and oxygen atoms in total. The minimum atomic E-state index is -0.200. The van der Waals surface area contributed by atoms with E-state index in [2.05, 4.69) is 55.5 Å². The van der Waals surface area contributed by atoms with E-state index in [1.807, 2.05) is 6.07 Å². The molecule has 0 saturated heterocycles. The zero-order chi connectivity index (χ0) is 17.4. The van der Waals surface area contributed by atoms with Gasteiger partial charge in [-0.15, -0.1) is 0 Å². The summed E-state index contributed by atoms with van der Waals surface area (Å²) in [7, 11) is 0. The monoisotopic (exact) mass is 332 g/mol. The maximum absolute atomic E-state index is 11.9. The molecule has 25 heavy (non-hydrogen) atoms. The molecule has 2 atom stereocenters. The van der Waals surface area contributed by atoms with Crippen LogP contribution in [0.1, 0.15) is 55.0 Å². The van der Waals surface area contributed by atoms with Crippen LogP contribution in [0.15, 0.2) is 54.6 Å². The number of benzene rings is 2. The van der Waals surface area contributed by atoms with E-state index in [1.165, 1.54) is 34.8 Å². The Balaban J connectivity index is 1.87. The average molecular weight is 332 g/mol. The van der Waals surface area contributed by atoms with Crippen molar-refractivity contribution in [2.75, 3.05) is 0 Å². The van der Waals surface area contributed by atoms with Crippen LogP contribution in [-0.4, -0.2) is 5.97 Å². The van der Waals surface area contributed by atoms with Crippen molar-refractivity contribution >= 4 is 11.5 Å². The number of carbonyl (C=O) groups excluding carboxylic acids is 1. The lowest BCUT2D eigenvalue weighted by molar-refractivity contribution is -0.151. The first-order valence-electron chi connectivity index (χ1n) is 9.19. The summed E-state index contributed by atoms with van der Waals surface area (Å²) in [6.45, 7) is 3.74. The number of rotatable bonds is 4. The van der Waals surface area contributed by atoms with Crippen molar-refractivity contribution in [2.24, 2.45) is 5.41 Å². The third kappa shape index (κ3) is 2.52. The molecule has 2 aromatic rings. The van der Waals surface area contributed by atoms with Crippen LogP contribution >= 0.6 is 0 Å². The Morgan fingerprint density at radius 1 is 1.12 bits per heavy atom. The second kappa shape index (κ2) is 6.18. The number of hydrogen-bond acceptors (Lipinski definition) is 2. The lowest BCUT2D eigenvalue weighted by Gasteiger charge is -2.37. The van der Waals surface area contributed by atoms with E-state index in [9.17, 15) is 4.79 Å². The van der Waals surface area contributed by atoms with Gasteiger partial charge < -0.3 is 4.74 Å². The summed E-state index contributed by atoms with van der Waals surface area (Å²) in [5.41, 5.74) is 6.42. The summed E-state index contributed by atoms with van der Waals surface area (Å²) < 4.78 is 5.95. The fourth-order valence-corrected chi connectivity index (χ4v) is 4.81. The minimum Gasteiger partial charge on any atom is -0.457 e. The Morgan fingerprint density at radius 3 is 2.60 bits per heavy atom. The first-order chi connectivity index (χ1) is 12.2. The van der Waals surface area contributed by atoms with E-state index in [0.29, 0.717) is 0 Å². The molecular formula is C23H24O2. The van der Waals surface area contributed by atoms with Crippen molar-refractivity contribution in [3.8, 4) is 0 Å². The molecule has 0 amide bonds. The van der Waals surface area contributed by atoms with E-state index < -0.39 is 0 Å². The van der Waals surface area contributed by atoms with Crippen LogP contribution in [0.25, 0.3) is 5.57 Å². The number of allylic oxidation sites excluding steroid dienone is 1. The predicted octanol–water partition coefficient (Wildman–Crippen LogP) is 5.27. The summed E-state index contributed by atoms with van der Waals surface area (Å²) in [4.78, 5) is 11.9. The molecule has 128 valence electrons. The largest absolute Gasteiger partial charge is 0.457 e. The molecule has 2 heteroatoms. The molecule has 0 aromatic heterocycles. The van der Waals surface area contributed by atoms with Gasteiger partial charge in [-0.3, -0.25) is 4.79 Å². The highest BCUT2D eigenvalue weighted by Gasteiger charge is 2.51. The van der Waals surface area contributed by atoms with Crippen LogP contribution in [0.4, 0.5) is 0 Å². The lowest BCUT2D eigenvalue weighted by Crippen LogP contribution is -2.30. The molecule has 0 spiro atoms. The molecular weight excluding hydrogens is 308 g/mol. The predicted molar refractivity (Wildman–Crippen MR) is 100 cm³/mol. The fraction of sp³-hybridized carbons (Fsp3) is 0.348. The van der Waals surface area contributed by atoms with E-state index in [-0.39, 0.29) is 17.5 Å². The second-order valence-corrected chi connectivity index (χ2v) is 7.25. The van der Waals surface area contributed by atoms with Gasteiger partial charge in [0.2, 0.25) is 0 Å². The Morgan fingerprint density at radius 2 is 1.84 bits per heavy atom. The van der Waals surface area contributed by atoms with Gasteiger partial charge in [0.05, 0.1) is 0 Å². The first kappa shape index (κ1) is 16.1. The van der Waals surface area contributed by atoms with Crippen molar-refractivity contribution in [1.82, 2.24) is 0 Å². The van der Waals surface area contributed by atoms with E-state index in [4.69, 9.17) is 4.74 Å². The van der Waals surface area contributed by atoms with Gasteiger partial charge in [0.1, 0.15) is 6.10 Å². The Labute approximate surface area is 149 Å². The van der Waals surface area contributed by atoms with Gasteiger partial charge in [-0.05, 0) is 47.1 Å². The zero-order valence-corrected chi connectivity index (χ0v) is 14.9. The third-order valence-corrected chi connectivity index (χ3v) is 5.70. The van der Waals surface area contributed by atoms with Crippen LogP contribution in [0.2, 0.25) is 0 Å². The SMILES string of the molecule is CCCC1(C2=CCc3ccccc32)Cc2ccccc2C1OC(C)=O. The molecule has 0 fully saturated rings. The Kier molecular flexibility index (Phi) is 3.99. The van der Waals surface area contributed by atoms with Gasteiger partial charge >= 0.3 is 5.97 Å². The summed E-state index contributed by atoms with van der Waals surface area (Å²) in [5, 5.41) is 0. The number of carbonyl (C=O) groups is 1. The zero-order valence-electron chi connectivity index (χ0n) is 14.9. The quantitative estimate of drug-likeness (QED) is 0.713. The van der Waals surface area contributed by atoms with E-state index in [0.717, 1.165) is 25.7 Å². The summed E-state index contributed by atoms with van der Waals surface area (Å²) >= 11 is 0. The topological polar surface area (TPSA) is 26.3 Å². The smallest absolute Gasteiger partial charge is 0.303 e. The Hall–Kier alpha value is -2.35. The minimum absolute atomic E-state index is 0.156. The first-order valence-corrected chi connectivity index (χ1v) is 9.19. The van der Waals surface area contributed by atoms with E-state index >= 15 is 0 Å². The molecule has 2 unspecified atom stereocenters. The average Bonchev–Trinajstić information content (AvgIpc) is 3.16. The van der Waals surface area contributed by atoms with Crippen LogP contribution in [0, 0.1) is 5.41 Å². The number of fused-ring (bicyclic) bond motifs is 2. The maximum Gasteiger partial charge on any atom is 0.303 e. The second-order valence-electron chi connectivity index (χ2n) is 7.25. The normalized spacial score (nSPS) is 23.8. The molecule has 2 aliphatic rings. The highest BCUT2D eigenvalue weighted by Crippen LogP contribution is 2.59.